The van der Waals surface area contributed by atoms with Crippen LogP contribution in [-0.4, -0.2) is 74.8 Å². The molecule has 1 N–H and O–H groups in total. The molecule has 1 unspecified atom stereocenters. The minimum absolute atomic E-state index is 0.234. The lowest BCUT2D eigenvalue weighted by molar-refractivity contribution is -0.149. The second kappa shape index (κ2) is 13.1. The van der Waals surface area contributed by atoms with Crippen LogP contribution in [0.3, 0.4) is 0 Å². The van der Waals surface area contributed by atoms with Gasteiger partial charge in [0.2, 0.25) is 0 Å². The number of carbonyl (C=O) groups excluding carboxylic acids is 1. The zero-order valence-electron chi connectivity index (χ0n) is 17.9. The van der Waals surface area contributed by atoms with E-state index in [1.54, 1.807) is 31.1 Å². The first-order chi connectivity index (χ1) is 14.5. The lowest BCUT2D eigenvalue weighted by Crippen LogP contribution is -2.40. The molecule has 0 aliphatic heterocycles. The highest BCUT2D eigenvalue weighted by atomic mass is 16.6. The molecule has 0 saturated heterocycles. The summed E-state index contributed by atoms with van der Waals surface area (Å²) >= 11 is 0. The van der Waals surface area contributed by atoms with E-state index in [0.29, 0.717) is 51.0 Å². The van der Waals surface area contributed by atoms with Gasteiger partial charge in [0.1, 0.15) is 19.0 Å². The standard InChI is InChI=1S/C22H33NO7/c1-3-28-20(21(24)25)15-17-7-9-19(10-8-17)29-12-11-23(16-18-5-4-6-18)22(26)30-14-13-27-2/h7-10,18,20H,3-6,11-16H2,1-2H3,(H,24,25). The molecule has 1 fully saturated rings. The fraction of sp³-hybridized carbons (Fsp3) is 0.636. The summed E-state index contributed by atoms with van der Waals surface area (Å²) in [6.45, 7) is 4.20. The van der Waals surface area contributed by atoms with Crippen molar-refractivity contribution in [2.24, 2.45) is 5.92 Å². The Balaban J connectivity index is 1.81. The topological polar surface area (TPSA) is 94.5 Å². The van der Waals surface area contributed by atoms with Crippen molar-refractivity contribution in [1.29, 1.82) is 0 Å². The van der Waals surface area contributed by atoms with Gasteiger partial charge in [-0.05, 0) is 43.4 Å². The molecule has 1 saturated carbocycles. The number of amides is 1. The number of ether oxygens (including phenoxy) is 4. The maximum atomic E-state index is 12.3. The zero-order chi connectivity index (χ0) is 21.8. The van der Waals surface area contributed by atoms with Crippen LogP contribution in [0.1, 0.15) is 31.7 Å². The first kappa shape index (κ1) is 24.0. The molecule has 0 radical (unpaired) electrons. The summed E-state index contributed by atoms with van der Waals surface area (Å²) < 4.78 is 21.2. The first-order valence-corrected chi connectivity index (χ1v) is 10.5. The summed E-state index contributed by atoms with van der Waals surface area (Å²) in [7, 11) is 1.57. The number of benzene rings is 1. The van der Waals surface area contributed by atoms with E-state index in [-0.39, 0.29) is 12.7 Å². The molecule has 1 aromatic rings. The number of rotatable bonds is 14. The summed E-state index contributed by atoms with van der Waals surface area (Å²) in [6, 6.07) is 7.26. The third kappa shape index (κ3) is 8.20. The van der Waals surface area contributed by atoms with Crippen molar-refractivity contribution in [1.82, 2.24) is 4.90 Å². The molecule has 1 amide bonds. The average molecular weight is 424 g/mol. The Morgan fingerprint density at radius 3 is 2.47 bits per heavy atom. The van der Waals surface area contributed by atoms with E-state index >= 15 is 0 Å². The summed E-state index contributed by atoms with van der Waals surface area (Å²) in [5.41, 5.74) is 0.858. The summed E-state index contributed by atoms with van der Waals surface area (Å²) in [5, 5.41) is 9.19. The van der Waals surface area contributed by atoms with Crippen LogP contribution in [0.25, 0.3) is 0 Å². The van der Waals surface area contributed by atoms with Gasteiger partial charge in [-0.3, -0.25) is 0 Å². The number of hydrogen-bond acceptors (Lipinski definition) is 6. The van der Waals surface area contributed by atoms with Crippen LogP contribution in [0.15, 0.2) is 24.3 Å². The van der Waals surface area contributed by atoms with Crippen molar-refractivity contribution in [3.8, 4) is 5.75 Å². The number of aliphatic carboxylic acids is 1. The van der Waals surface area contributed by atoms with Crippen LogP contribution in [0.2, 0.25) is 0 Å². The molecule has 2 rings (SSSR count). The third-order valence-corrected chi connectivity index (χ3v) is 5.09. The molecular formula is C22H33NO7. The van der Waals surface area contributed by atoms with Gasteiger partial charge in [-0.25, -0.2) is 9.59 Å². The first-order valence-electron chi connectivity index (χ1n) is 10.5. The zero-order valence-corrected chi connectivity index (χ0v) is 17.9. The van der Waals surface area contributed by atoms with Gasteiger partial charge in [0.05, 0.1) is 13.2 Å². The summed E-state index contributed by atoms with van der Waals surface area (Å²) in [6.07, 6.45) is 2.60. The number of methoxy groups -OCH3 is 1. The average Bonchev–Trinajstić information content (AvgIpc) is 2.70. The summed E-state index contributed by atoms with van der Waals surface area (Å²) in [4.78, 5) is 25.2. The molecule has 0 spiro atoms. The molecule has 8 heteroatoms. The van der Waals surface area contributed by atoms with Gasteiger partial charge in [0.25, 0.3) is 0 Å². The van der Waals surface area contributed by atoms with Crippen molar-refractivity contribution in [3.05, 3.63) is 29.8 Å². The largest absolute Gasteiger partial charge is 0.492 e. The Labute approximate surface area is 178 Å². The molecule has 8 nitrogen and oxygen atoms in total. The molecule has 0 bridgehead atoms. The van der Waals surface area contributed by atoms with Gasteiger partial charge in [0.15, 0.2) is 6.10 Å². The number of carboxylic acids is 1. The molecule has 1 aromatic carbocycles. The molecule has 0 heterocycles. The molecule has 1 atom stereocenters. The quantitative estimate of drug-likeness (QED) is 0.460. The fourth-order valence-electron chi connectivity index (χ4n) is 3.18. The van der Waals surface area contributed by atoms with Crippen LogP contribution in [-0.2, 0) is 25.4 Å². The van der Waals surface area contributed by atoms with E-state index in [0.717, 1.165) is 18.4 Å². The number of carbonyl (C=O) groups is 2. The Morgan fingerprint density at radius 2 is 1.90 bits per heavy atom. The Bertz CT molecular complexity index is 645. The Hall–Kier alpha value is -2.32. The van der Waals surface area contributed by atoms with Crippen LogP contribution in [0.4, 0.5) is 4.79 Å². The van der Waals surface area contributed by atoms with Gasteiger partial charge in [-0.15, -0.1) is 0 Å². The molecule has 0 aromatic heterocycles. The highest BCUT2D eigenvalue weighted by molar-refractivity contribution is 5.72. The van der Waals surface area contributed by atoms with E-state index in [9.17, 15) is 14.7 Å². The van der Waals surface area contributed by atoms with Crippen molar-refractivity contribution < 1.29 is 33.6 Å². The molecular weight excluding hydrogens is 390 g/mol. The lowest BCUT2D eigenvalue weighted by Gasteiger charge is -2.31. The second-order valence-electron chi connectivity index (χ2n) is 7.33. The van der Waals surface area contributed by atoms with E-state index in [1.165, 1.54) is 6.42 Å². The van der Waals surface area contributed by atoms with Crippen LogP contribution >= 0.6 is 0 Å². The highest BCUT2D eigenvalue weighted by Gasteiger charge is 2.24. The van der Waals surface area contributed by atoms with Gasteiger partial charge in [0, 0.05) is 26.7 Å². The van der Waals surface area contributed by atoms with E-state index in [4.69, 9.17) is 18.9 Å². The Kier molecular flexibility index (Phi) is 10.4. The number of carboxylic acid groups (broad SMARTS) is 1. The molecule has 1 aliphatic carbocycles. The van der Waals surface area contributed by atoms with E-state index < -0.39 is 12.1 Å². The van der Waals surface area contributed by atoms with Gasteiger partial charge in [-0.2, -0.15) is 0 Å². The van der Waals surface area contributed by atoms with Crippen molar-refractivity contribution in [2.45, 2.75) is 38.7 Å². The van der Waals surface area contributed by atoms with Crippen molar-refractivity contribution in [3.63, 3.8) is 0 Å². The fourth-order valence-corrected chi connectivity index (χ4v) is 3.18. The van der Waals surface area contributed by atoms with Crippen LogP contribution in [0.5, 0.6) is 5.75 Å². The van der Waals surface area contributed by atoms with Gasteiger partial charge >= 0.3 is 12.1 Å². The maximum Gasteiger partial charge on any atom is 0.409 e. The maximum absolute atomic E-state index is 12.3. The van der Waals surface area contributed by atoms with Crippen LogP contribution in [0, 0.1) is 5.92 Å². The Morgan fingerprint density at radius 1 is 1.17 bits per heavy atom. The summed E-state index contributed by atoms with van der Waals surface area (Å²) in [5.74, 6) is 0.228. The minimum atomic E-state index is -0.971. The third-order valence-electron chi connectivity index (χ3n) is 5.09. The van der Waals surface area contributed by atoms with Gasteiger partial charge in [-0.1, -0.05) is 18.6 Å². The molecule has 168 valence electrons. The predicted molar refractivity (Wildman–Crippen MR) is 111 cm³/mol. The predicted octanol–water partition coefficient (Wildman–Crippen LogP) is 2.98. The normalized spacial score (nSPS) is 14.6. The number of hydrogen-bond donors (Lipinski definition) is 1. The SMILES string of the molecule is CCOC(Cc1ccc(OCCN(CC2CCC2)C(=O)OCCOC)cc1)C(=O)O. The van der Waals surface area contributed by atoms with E-state index in [1.807, 2.05) is 12.1 Å². The monoisotopic (exact) mass is 423 g/mol. The van der Waals surface area contributed by atoms with Gasteiger partial charge < -0.3 is 29.0 Å². The molecule has 1 aliphatic rings. The van der Waals surface area contributed by atoms with Crippen molar-refractivity contribution >= 4 is 12.1 Å². The van der Waals surface area contributed by atoms with Crippen LogP contribution < -0.4 is 4.74 Å². The number of nitrogens with zero attached hydrogens (tertiary/aromatic N) is 1. The van der Waals surface area contributed by atoms with E-state index in [2.05, 4.69) is 0 Å². The van der Waals surface area contributed by atoms with Crippen molar-refractivity contribution in [2.75, 3.05) is 46.6 Å². The smallest absolute Gasteiger partial charge is 0.409 e. The second-order valence-corrected chi connectivity index (χ2v) is 7.33. The lowest BCUT2D eigenvalue weighted by atomic mass is 9.85. The highest BCUT2D eigenvalue weighted by Crippen LogP contribution is 2.27. The minimum Gasteiger partial charge on any atom is -0.492 e. The molecule has 30 heavy (non-hydrogen) atoms.